The Hall–Kier alpha value is -2.21. The Balaban J connectivity index is 2.19. The number of hydrogen-bond donors (Lipinski definition) is 1. The van der Waals surface area contributed by atoms with E-state index in [2.05, 4.69) is 4.98 Å². The molecule has 0 bridgehead atoms. The van der Waals surface area contributed by atoms with Gasteiger partial charge in [0.25, 0.3) is 0 Å². The maximum Gasteiger partial charge on any atom is 0.347 e. The number of carboxylic acids is 1. The van der Waals surface area contributed by atoms with Crippen molar-refractivity contribution in [3.05, 3.63) is 45.9 Å². The van der Waals surface area contributed by atoms with Crippen molar-refractivity contribution in [1.82, 2.24) is 4.98 Å². The number of para-hydroxylation sites is 1. The van der Waals surface area contributed by atoms with Gasteiger partial charge in [0.1, 0.15) is 9.88 Å². The summed E-state index contributed by atoms with van der Waals surface area (Å²) in [5.41, 5.74) is 1.38. The van der Waals surface area contributed by atoms with Gasteiger partial charge in [-0.3, -0.25) is 4.79 Å². The second-order valence-electron chi connectivity index (χ2n) is 4.69. The van der Waals surface area contributed by atoms with Crippen LogP contribution in [0.25, 0.3) is 0 Å². The number of aromatic carboxylic acids is 1. The number of amides is 1. The SMILES string of the molecule is CCc1nc(CC(=O)N(CC)c2ccccc2)sc1C(=O)O. The normalized spacial score (nSPS) is 10.5. The van der Waals surface area contributed by atoms with Crippen molar-refractivity contribution in [3.8, 4) is 0 Å². The molecule has 0 aliphatic heterocycles. The lowest BCUT2D eigenvalue weighted by Crippen LogP contribution is -2.31. The Morgan fingerprint density at radius 2 is 1.91 bits per heavy atom. The van der Waals surface area contributed by atoms with E-state index in [9.17, 15) is 9.59 Å². The minimum atomic E-state index is -0.983. The van der Waals surface area contributed by atoms with Crippen molar-refractivity contribution in [2.24, 2.45) is 0 Å². The molecule has 1 amide bonds. The summed E-state index contributed by atoms with van der Waals surface area (Å²) in [5.74, 6) is -1.06. The predicted molar refractivity (Wildman–Crippen MR) is 86.6 cm³/mol. The first-order chi connectivity index (χ1) is 10.6. The lowest BCUT2D eigenvalue weighted by Gasteiger charge is -2.20. The molecule has 116 valence electrons. The van der Waals surface area contributed by atoms with Crippen LogP contribution < -0.4 is 4.90 Å². The maximum absolute atomic E-state index is 12.5. The smallest absolute Gasteiger partial charge is 0.347 e. The molecular weight excluding hydrogens is 300 g/mol. The molecule has 1 aromatic heterocycles. The van der Waals surface area contributed by atoms with Gasteiger partial charge >= 0.3 is 5.97 Å². The van der Waals surface area contributed by atoms with Gasteiger partial charge in [0.15, 0.2) is 0 Å². The lowest BCUT2D eigenvalue weighted by atomic mass is 10.2. The summed E-state index contributed by atoms with van der Waals surface area (Å²) in [6, 6.07) is 9.42. The minimum absolute atomic E-state index is 0.0814. The highest BCUT2D eigenvalue weighted by atomic mass is 32.1. The van der Waals surface area contributed by atoms with Crippen molar-refractivity contribution < 1.29 is 14.7 Å². The number of aromatic nitrogens is 1. The summed E-state index contributed by atoms with van der Waals surface area (Å²) in [4.78, 5) is 29.8. The van der Waals surface area contributed by atoms with Crippen molar-refractivity contribution in [2.45, 2.75) is 26.7 Å². The van der Waals surface area contributed by atoms with E-state index >= 15 is 0 Å². The summed E-state index contributed by atoms with van der Waals surface area (Å²) in [6.45, 7) is 4.32. The number of anilines is 1. The molecule has 5 nitrogen and oxygen atoms in total. The predicted octanol–water partition coefficient (Wildman–Crippen LogP) is 3.00. The van der Waals surface area contributed by atoms with Crippen LogP contribution in [0.2, 0.25) is 0 Å². The molecule has 22 heavy (non-hydrogen) atoms. The summed E-state index contributed by atoms with van der Waals surface area (Å²) in [6.07, 6.45) is 0.663. The van der Waals surface area contributed by atoms with Crippen LogP contribution in [0.1, 0.15) is 34.2 Å². The molecular formula is C16H18N2O3S. The second kappa shape index (κ2) is 7.17. The van der Waals surface area contributed by atoms with E-state index in [4.69, 9.17) is 5.11 Å². The lowest BCUT2D eigenvalue weighted by molar-refractivity contribution is -0.117. The zero-order chi connectivity index (χ0) is 16.1. The maximum atomic E-state index is 12.5. The summed E-state index contributed by atoms with van der Waals surface area (Å²) >= 11 is 1.09. The number of thiazole rings is 1. The Bertz CT molecular complexity index is 667. The Kier molecular flexibility index (Phi) is 5.27. The van der Waals surface area contributed by atoms with Crippen molar-refractivity contribution in [3.63, 3.8) is 0 Å². The van der Waals surface area contributed by atoms with E-state index in [1.54, 1.807) is 4.90 Å². The van der Waals surface area contributed by atoms with Crippen molar-refractivity contribution >= 4 is 28.9 Å². The quantitative estimate of drug-likeness (QED) is 0.889. The van der Waals surface area contributed by atoms with Crippen molar-refractivity contribution in [1.29, 1.82) is 0 Å². The van der Waals surface area contributed by atoms with E-state index in [1.165, 1.54) is 0 Å². The van der Waals surface area contributed by atoms with Gasteiger partial charge in [0.05, 0.1) is 12.1 Å². The van der Waals surface area contributed by atoms with Crippen LogP contribution >= 0.6 is 11.3 Å². The number of carboxylic acid groups (broad SMARTS) is 1. The molecule has 0 fully saturated rings. The molecule has 1 aromatic carbocycles. The van der Waals surface area contributed by atoms with Gasteiger partial charge in [0.2, 0.25) is 5.91 Å². The van der Waals surface area contributed by atoms with E-state index < -0.39 is 5.97 Å². The average Bonchev–Trinajstić information content (AvgIpc) is 2.92. The number of nitrogens with zero attached hydrogens (tertiary/aromatic N) is 2. The Labute approximate surface area is 133 Å². The van der Waals surface area contributed by atoms with Crippen LogP contribution in [0.4, 0.5) is 5.69 Å². The molecule has 2 rings (SSSR count). The fourth-order valence-electron chi connectivity index (χ4n) is 2.22. The van der Waals surface area contributed by atoms with Gasteiger partial charge in [0, 0.05) is 12.2 Å². The highest BCUT2D eigenvalue weighted by Crippen LogP contribution is 2.21. The van der Waals surface area contributed by atoms with E-state index in [0.29, 0.717) is 23.7 Å². The van der Waals surface area contributed by atoms with Gasteiger partial charge < -0.3 is 10.0 Å². The summed E-state index contributed by atoms with van der Waals surface area (Å²) in [7, 11) is 0. The van der Waals surface area contributed by atoms with Crippen LogP contribution in [0.3, 0.4) is 0 Å². The molecule has 0 spiro atoms. The monoisotopic (exact) mass is 318 g/mol. The number of likely N-dealkylation sites (N-methyl/N-ethyl adjacent to an activating group) is 1. The van der Waals surface area contributed by atoms with Crippen LogP contribution in [0, 0.1) is 0 Å². The summed E-state index contributed by atoms with van der Waals surface area (Å²) in [5, 5.41) is 9.70. The van der Waals surface area contributed by atoms with Crippen molar-refractivity contribution in [2.75, 3.05) is 11.4 Å². The molecule has 6 heteroatoms. The molecule has 0 saturated heterocycles. The third-order valence-electron chi connectivity index (χ3n) is 3.26. The van der Waals surface area contributed by atoms with E-state index in [0.717, 1.165) is 17.0 Å². The first-order valence-corrected chi connectivity index (χ1v) is 7.95. The van der Waals surface area contributed by atoms with Gasteiger partial charge in [-0.25, -0.2) is 9.78 Å². The van der Waals surface area contributed by atoms with Crippen LogP contribution in [0.15, 0.2) is 30.3 Å². The number of benzene rings is 1. The van der Waals surface area contributed by atoms with Crippen LogP contribution in [0.5, 0.6) is 0 Å². The summed E-state index contributed by atoms with van der Waals surface area (Å²) < 4.78 is 0. The first kappa shape index (κ1) is 16.2. The third-order valence-corrected chi connectivity index (χ3v) is 4.34. The third kappa shape index (κ3) is 3.51. The fourth-order valence-corrected chi connectivity index (χ4v) is 3.20. The van der Waals surface area contributed by atoms with Gasteiger partial charge in [-0.1, -0.05) is 25.1 Å². The first-order valence-electron chi connectivity index (χ1n) is 7.14. The minimum Gasteiger partial charge on any atom is -0.477 e. The number of carbonyl (C=O) groups is 2. The van der Waals surface area contributed by atoms with Gasteiger partial charge in [-0.05, 0) is 25.5 Å². The Morgan fingerprint density at radius 1 is 1.23 bits per heavy atom. The molecule has 0 saturated carbocycles. The average molecular weight is 318 g/mol. The molecule has 0 unspecified atom stereocenters. The Morgan fingerprint density at radius 3 is 2.41 bits per heavy atom. The number of hydrogen-bond acceptors (Lipinski definition) is 4. The molecule has 0 radical (unpaired) electrons. The van der Waals surface area contributed by atoms with E-state index in [-0.39, 0.29) is 17.2 Å². The highest BCUT2D eigenvalue weighted by molar-refractivity contribution is 7.13. The molecule has 2 aromatic rings. The largest absolute Gasteiger partial charge is 0.477 e. The molecule has 0 aliphatic carbocycles. The van der Waals surface area contributed by atoms with Crippen LogP contribution in [-0.2, 0) is 17.6 Å². The fraction of sp³-hybridized carbons (Fsp3) is 0.312. The molecule has 1 heterocycles. The number of aryl methyl sites for hydroxylation is 1. The number of carbonyl (C=O) groups excluding carboxylic acids is 1. The topological polar surface area (TPSA) is 70.5 Å². The van der Waals surface area contributed by atoms with Gasteiger partial charge in [-0.15, -0.1) is 11.3 Å². The van der Waals surface area contributed by atoms with E-state index in [1.807, 2.05) is 44.2 Å². The molecule has 1 N–H and O–H groups in total. The van der Waals surface area contributed by atoms with Crippen LogP contribution in [-0.4, -0.2) is 28.5 Å². The molecule has 0 atom stereocenters. The standard InChI is InChI=1S/C16H18N2O3S/c1-3-12-15(16(20)21)22-13(17-12)10-14(19)18(4-2)11-8-6-5-7-9-11/h5-9H,3-4,10H2,1-2H3,(H,20,21). The second-order valence-corrected chi connectivity index (χ2v) is 5.78. The molecule has 0 aliphatic rings. The zero-order valence-electron chi connectivity index (χ0n) is 12.6. The van der Waals surface area contributed by atoms with Gasteiger partial charge in [-0.2, -0.15) is 0 Å². The number of rotatable bonds is 6. The zero-order valence-corrected chi connectivity index (χ0v) is 13.4. The highest BCUT2D eigenvalue weighted by Gasteiger charge is 2.20.